The number of anilines is 1. The molecule has 0 aliphatic carbocycles. The zero-order valence-electron chi connectivity index (χ0n) is 9.96. The lowest BCUT2D eigenvalue weighted by Crippen LogP contribution is -2.29. The van der Waals surface area contributed by atoms with Gasteiger partial charge in [0, 0.05) is 24.1 Å². The minimum absolute atomic E-state index is 0.227. The fourth-order valence-corrected chi connectivity index (χ4v) is 2.95. The summed E-state index contributed by atoms with van der Waals surface area (Å²) in [5, 5.41) is 3.55. The number of rotatable bonds is 2. The molecule has 0 spiro atoms. The number of nitrogens with zero attached hydrogens (tertiary/aromatic N) is 1. The predicted molar refractivity (Wildman–Crippen MR) is 72.0 cm³/mol. The maximum Gasteiger partial charge on any atom is 0.154 e. The van der Waals surface area contributed by atoms with Gasteiger partial charge in [0.15, 0.2) is 5.17 Å². The molecule has 5 heteroatoms. The van der Waals surface area contributed by atoms with Gasteiger partial charge in [-0.3, -0.25) is 4.99 Å². The van der Waals surface area contributed by atoms with E-state index in [0.29, 0.717) is 10.7 Å². The summed E-state index contributed by atoms with van der Waals surface area (Å²) in [5.41, 5.74) is 6.68. The SMILES string of the molecule is CNc1ccc(F)c(C2(C)CCSC(N)=N2)c1. The van der Waals surface area contributed by atoms with Gasteiger partial charge in [-0.2, -0.15) is 0 Å². The highest BCUT2D eigenvalue weighted by molar-refractivity contribution is 8.13. The van der Waals surface area contributed by atoms with Crippen LogP contribution in [0, 0.1) is 5.82 Å². The summed E-state index contributed by atoms with van der Waals surface area (Å²) in [7, 11) is 1.81. The molecule has 0 radical (unpaired) electrons. The van der Waals surface area contributed by atoms with Gasteiger partial charge in [-0.25, -0.2) is 4.39 Å². The molecule has 1 aromatic rings. The summed E-state index contributed by atoms with van der Waals surface area (Å²) in [4.78, 5) is 4.41. The molecule has 1 aliphatic heterocycles. The Kier molecular flexibility index (Phi) is 3.28. The number of aliphatic imine (C=N–C) groups is 1. The lowest BCUT2D eigenvalue weighted by molar-refractivity contribution is 0.450. The van der Waals surface area contributed by atoms with Crippen LogP contribution in [-0.2, 0) is 5.54 Å². The third-order valence-corrected chi connectivity index (χ3v) is 3.83. The van der Waals surface area contributed by atoms with E-state index in [1.54, 1.807) is 6.07 Å². The fourth-order valence-electron chi connectivity index (χ4n) is 1.97. The molecule has 0 saturated heterocycles. The molecule has 0 bridgehead atoms. The van der Waals surface area contributed by atoms with Crippen molar-refractivity contribution in [3.8, 4) is 0 Å². The topological polar surface area (TPSA) is 50.4 Å². The Labute approximate surface area is 105 Å². The van der Waals surface area contributed by atoms with Crippen LogP contribution in [0.1, 0.15) is 18.9 Å². The summed E-state index contributed by atoms with van der Waals surface area (Å²) in [5.74, 6) is 0.643. The molecule has 0 saturated carbocycles. The summed E-state index contributed by atoms with van der Waals surface area (Å²) in [6.07, 6.45) is 0.794. The van der Waals surface area contributed by atoms with E-state index in [4.69, 9.17) is 5.73 Å². The molecule has 1 aromatic carbocycles. The lowest BCUT2D eigenvalue weighted by Gasteiger charge is -2.30. The van der Waals surface area contributed by atoms with Crippen LogP contribution in [0.3, 0.4) is 0 Å². The van der Waals surface area contributed by atoms with Gasteiger partial charge in [-0.05, 0) is 31.5 Å². The molecule has 1 heterocycles. The van der Waals surface area contributed by atoms with Crippen molar-refractivity contribution in [3.05, 3.63) is 29.6 Å². The van der Waals surface area contributed by atoms with Gasteiger partial charge in [-0.15, -0.1) is 0 Å². The third kappa shape index (κ3) is 2.39. The van der Waals surface area contributed by atoms with Crippen molar-refractivity contribution < 1.29 is 4.39 Å². The average Bonchev–Trinajstić information content (AvgIpc) is 2.29. The normalized spacial score (nSPS) is 24.3. The van der Waals surface area contributed by atoms with E-state index in [-0.39, 0.29) is 5.82 Å². The van der Waals surface area contributed by atoms with Crippen molar-refractivity contribution in [2.75, 3.05) is 18.1 Å². The molecule has 2 rings (SSSR count). The van der Waals surface area contributed by atoms with Crippen molar-refractivity contribution in [3.63, 3.8) is 0 Å². The van der Waals surface area contributed by atoms with E-state index in [9.17, 15) is 4.39 Å². The second-order valence-electron chi connectivity index (χ2n) is 4.27. The molecular weight excluding hydrogens is 237 g/mol. The zero-order chi connectivity index (χ0) is 12.5. The molecule has 17 heavy (non-hydrogen) atoms. The number of thioether (sulfide) groups is 1. The van der Waals surface area contributed by atoms with Gasteiger partial charge in [0.2, 0.25) is 0 Å². The zero-order valence-corrected chi connectivity index (χ0v) is 10.8. The smallest absolute Gasteiger partial charge is 0.154 e. The second-order valence-corrected chi connectivity index (χ2v) is 5.38. The minimum Gasteiger partial charge on any atom is -0.388 e. The Morgan fingerprint density at radius 1 is 1.53 bits per heavy atom. The minimum atomic E-state index is -0.549. The first-order chi connectivity index (χ1) is 8.05. The first-order valence-corrected chi connectivity index (χ1v) is 6.49. The molecule has 0 fully saturated rings. The van der Waals surface area contributed by atoms with E-state index in [1.165, 1.54) is 17.8 Å². The number of halogens is 1. The number of nitrogens with two attached hydrogens (primary N) is 1. The number of nitrogens with one attached hydrogen (secondary N) is 1. The lowest BCUT2D eigenvalue weighted by atomic mass is 9.89. The highest BCUT2D eigenvalue weighted by Crippen LogP contribution is 2.37. The number of amidine groups is 1. The van der Waals surface area contributed by atoms with Crippen LogP contribution < -0.4 is 11.1 Å². The number of hydrogen-bond donors (Lipinski definition) is 2. The van der Waals surface area contributed by atoms with E-state index in [2.05, 4.69) is 10.3 Å². The second kappa shape index (κ2) is 4.56. The van der Waals surface area contributed by atoms with Gasteiger partial charge in [0.1, 0.15) is 5.82 Å². The largest absolute Gasteiger partial charge is 0.388 e. The number of hydrogen-bond acceptors (Lipinski definition) is 4. The molecule has 0 amide bonds. The van der Waals surface area contributed by atoms with Crippen LogP contribution in [-0.4, -0.2) is 18.0 Å². The van der Waals surface area contributed by atoms with Gasteiger partial charge in [0.25, 0.3) is 0 Å². The molecule has 3 N–H and O–H groups in total. The molecule has 3 nitrogen and oxygen atoms in total. The Morgan fingerprint density at radius 2 is 2.29 bits per heavy atom. The average molecular weight is 253 g/mol. The standard InChI is InChI=1S/C12H16FN3S/c1-12(5-6-17-11(14)16-12)9-7-8(15-2)3-4-10(9)13/h3-4,7,15H,5-6H2,1-2H3,(H2,14,16). The highest BCUT2D eigenvalue weighted by atomic mass is 32.2. The quantitative estimate of drug-likeness (QED) is 0.851. The van der Waals surface area contributed by atoms with Gasteiger partial charge < -0.3 is 11.1 Å². The van der Waals surface area contributed by atoms with Crippen LogP contribution in [0.25, 0.3) is 0 Å². The molecule has 1 atom stereocenters. The van der Waals surface area contributed by atoms with E-state index in [0.717, 1.165) is 17.9 Å². The highest BCUT2D eigenvalue weighted by Gasteiger charge is 2.32. The molecule has 1 unspecified atom stereocenters. The van der Waals surface area contributed by atoms with Gasteiger partial charge in [-0.1, -0.05) is 11.8 Å². The molecular formula is C12H16FN3S. The van der Waals surface area contributed by atoms with Crippen LogP contribution in [0.15, 0.2) is 23.2 Å². The first kappa shape index (κ1) is 12.2. The summed E-state index contributed by atoms with van der Waals surface area (Å²) >= 11 is 1.52. The Balaban J connectivity index is 2.48. The van der Waals surface area contributed by atoms with Crippen LogP contribution in [0.4, 0.5) is 10.1 Å². The Bertz CT molecular complexity index is 461. The Morgan fingerprint density at radius 3 is 2.94 bits per heavy atom. The summed E-state index contributed by atoms with van der Waals surface area (Å²) in [6, 6.07) is 4.99. The molecule has 0 aromatic heterocycles. The van der Waals surface area contributed by atoms with Crippen LogP contribution in [0.5, 0.6) is 0 Å². The first-order valence-electron chi connectivity index (χ1n) is 5.51. The molecule has 1 aliphatic rings. The van der Waals surface area contributed by atoms with Crippen LogP contribution in [0.2, 0.25) is 0 Å². The van der Waals surface area contributed by atoms with Crippen molar-refractivity contribution in [2.45, 2.75) is 18.9 Å². The monoisotopic (exact) mass is 253 g/mol. The van der Waals surface area contributed by atoms with Crippen molar-refractivity contribution in [2.24, 2.45) is 10.7 Å². The maximum atomic E-state index is 13.9. The third-order valence-electron chi connectivity index (χ3n) is 3.03. The van der Waals surface area contributed by atoms with Gasteiger partial charge in [0.05, 0.1) is 5.54 Å². The van der Waals surface area contributed by atoms with E-state index >= 15 is 0 Å². The fraction of sp³-hybridized carbons (Fsp3) is 0.417. The summed E-state index contributed by atoms with van der Waals surface area (Å²) in [6.45, 7) is 1.93. The predicted octanol–water partition coefficient (Wildman–Crippen LogP) is 2.53. The summed E-state index contributed by atoms with van der Waals surface area (Å²) < 4.78 is 13.9. The van der Waals surface area contributed by atoms with Gasteiger partial charge >= 0.3 is 0 Å². The molecule has 92 valence electrons. The van der Waals surface area contributed by atoms with E-state index < -0.39 is 5.54 Å². The van der Waals surface area contributed by atoms with Crippen LogP contribution >= 0.6 is 11.8 Å². The Hall–Kier alpha value is -1.23. The van der Waals surface area contributed by atoms with Crippen molar-refractivity contribution >= 4 is 22.6 Å². The van der Waals surface area contributed by atoms with Crippen molar-refractivity contribution in [1.29, 1.82) is 0 Å². The number of benzene rings is 1. The maximum absolute atomic E-state index is 13.9. The van der Waals surface area contributed by atoms with E-state index in [1.807, 2.05) is 20.0 Å². The van der Waals surface area contributed by atoms with Crippen molar-refractivity contribution in [1.82, 2.24) is 0 Å².